The van der Waals surface area contributed by atoms with Crippen LogP contribution in [0.1, 0.15) is 32.0 Å². The third-order valence-electron chi connectivity index (χ3n) is 4.33. The van der Waals surface area contributed by atoms with E-state index in [4.69, 9.17) is 0 Å². The summed E-state index contributed by atoms with van der Waals surface area (Å²) in [4.78, 5) is 24.8. The van der Waals surface area contributed by atoms with E-state index in [9.17, 15) is 23.5 Å². The van der Waals surface area contributed by atoms with Gasteiger partial charge >= 0.3 is 5.97 Å². The fourth-order valence-electron chi connectivity index (χ4n) is 3.01. The summed E-state index contributed by atoms with van der Waals surface area (Å²) in [6.45, 7) is 1.35. The molecular formula is C20H14BrF2NO3. The number of halogens is 3. The molecule has 1 aromatic heterocycles. The van der Waals surface area contributed by atoms with Gasteiger partial charge < -0.3 is 9.67 Å². The van der Waals surface area contributed by atoms with Crippen LogP contribution in [-0.4, -0.2) is 21.4 Å². The van der Waals surface area contributed by atoms with Gasteiger partial charge in [0.05, 0.1) is 11.3 Å². The minimum atomic E-state index is -1.33. The summed E-state index contributed by atoms with van der Waals surface area (Å²) >= 11 is 3.28. The molecule has 0 saturated carbocycles. The first-order valence-corrected chi connectivity index (χ1v) is 8.69. The number of rotatable bonds is 4. The molecule has 0 aliphatic heterocycles. The Morgan fingerprint density at radius 1 is 1.00 bits per heavy atom. The van der Waals surface area contributed by atoms with Crippen molar-refractivity contribution < 1.29 is 23.5 Å². The highest BCUT2D eigenvalue weighted by atomic mass is 79.9. The van der Waals surface area contributed by atoms with E-state index >= 15 is 0 Å². The van der Waals surface area contributed by atoms with Crippen molar-refractivity contribution in [1.82, 2.24) is 4.57 Å². The molecule has 0 unspecified atom stereocenters. The van der Waals surface area contributed by atoms with Crippen molar-refractivity contribution in [3.8, 4) is 11.1 Å². The number of aromatic nitrogens is 1. The number of carboxylic acids is 1. The summed E-state index contributed by atoms with van der Waals surface area (Å²) in [5.74, 6) is -3.31. The molecular weight excluding hydrogens is 420 g/mol. The van der Waals surface area contributed by atoms with Crippen molar-refractivity contribution in [3.05, 3.63) is 81.1 Å². The van der Waals surface area contributed by atoms with Gasteiger partial charge in [0.2, 0.25) is 5.78 Å². The highest BCUT2D eigenvalue weighted by Crippen LogP contribution is 2.36. The maximum atomic E-state index is 14.6. The van der Waals surface area contributed by atoms with E-state index in [-0.39, 0.29) is 27.9 Å². The quantitative estimate of drug-likeness (QED) is 0.590. The number of hydrogen-bond donors (Lipinski definition) is 1. The lowest BCUT2D eigenvalue weighted by Gasteiger charge is -2.12. The van der Waals surface area contributed by atoms with Crippen LogP contribution in [0.15, 0.2) is 47.1 Å². The van der Waals surface area contributed by atoms with Crippen molar-refractivity contribution in [3.63, 3.8) is 0 Å². The number of nitrogens with zero attached hydrogens (tertiary/aromatic N) is 1. The SMILES string of the molecule is Cc1c(F)ccc(F)c1-c1c(C(=O)O)cn(C)c1C(=O)c1ccc(Br)cc1. The second-order valence-electron chi connectivity index (χ2n) is 6.05. The number of carboxylic acid groups (broad SMARTS) is 1. The fraction of sp³-hybridized carbons (Fsp3) is 0.100. The minimum absolute atomic E-state index is 0.0256. The Balaban J connectivity index is 2.34. The van der Waals surface area contributed by atoms with Crippen molar-refractivity contribution in [2.45, 2.75) is 6.92 Å². The van der Waals surface area contributed by atoms with Gasteiger partial charge in [-0.05, 0) is 48.9 Å². The largest absolute Gasteiger partial charge is 0.478 e. The summed E-state index contributed by atoms with van der Waals surface area (Å²) in [5.41, 5.74) is -0.422. The van der Waals surface area contributed by atoms with E-state index in [1.807, 2.05) is 0 Å². The first-order valence-electron chi connectivity index (χ1n) is 7.90. The molecule has 0 fully saturated rings. The fourth-order valence-corrected chi connectivity index (χ4v) is 3.28. The maximum Gasteiger partial charge on any atom is 0.337 e. The zero-order valence-corrected chi connectivity index (χ0v) is 16.0. The van der Waals surface area contributed by atoms with Gasteiger partial charge in [-0.2, -0.15) is 0 Å². The van der Waals surface area contributed by atoms with Crippen LogP contribution in [0.2, 0.25) is 0 Å². The molecule has 0 bridgehead atoms. The summed E-state index contributed by atoms with van der Waals surface area (Å²) in [7, 11) is 1.49. The van der Waals surface area contributed by atoms with E-state index in [0.29, 0.717) is 5.56 Å². The molecule has 0 aliphatic rings. The zero-order chi connectivity index (χ0) is 19.9. The Bertz CT molecular complexity index is 1070. The highest BCUT2D eigenvalue weighted by Gasteiger charge is 2.29. The molecule has 138 valence electrons. The Labute approximate surface area is 162 Å². The standard InChI is InChI=1S/C20H14BrF2NO3/c1-10-14(22)7-8-15(23)16(10)17-13(20(26)27)9-24(2)18(17)19(25)11-3-5-12(21)6-4-11/h3-9H,1-2H3,(H,26,27). The third-order valence-corrected chi connectivity index (χ3v) is 4.86. The topological polar surface area (TPSA) is 59.3 Å². The maximum absolute atomic E-state index is 14.6. The van der Waals surface area contributed by atoms with Gasteiger partial charge in [-0.1, -0.05) is 15.9 Å². The van der Waals surface area contributed by atoms with Gasteiger partial charge in [0.25, 0.3) is 0 Å². The molecule has 0 spiro atoms. The van der Waals surface area contributed by atoms with Gasteiger partial charge in [-0.25, -0.2) is 13.6 Å². The number of hydrogen-bond acceptors (Lipinski definition) is 2. The van der Waals surface area contributed by atoms with E-state index in [1.54, 1.807) is 24.3 Å². The normalized spacial score (nSPS) is 10.9. The molecule has 4 nitrogen and oxygen atoms in total. The first-order chi connectivity index (χ1) is 12.7. The summed E-state index contributed by atoms with van der Waals surface area (Å²) in [6, 6.07) is 8.36. The van der Waals surface area contributed by atoms with E-state index < -0.39 is 23.4 Å². The summed E-state index contributed by atoms with van der Waals surface area (Å²) in [6.07, 6.45) is 1.23. The lowest BCUT2D eigenvalue weighted by atomic mass is 9.93. The average molecular weight is 434 g/mol. The van der Waals surface area contributed by atoms with Crippen LogP contribution in [0.5, 0.6) is 0 Å². The van der Waals surface area contributed by atoms with Crippen LogP contribution < -0.4 is 0 Å². The van der Waals surface area contributed by atoms with E-state index in [0.717, 1.165) is 16.6 Å². The molecule has 1 N–H and O–H groups in total. The molecule has 1 heterocycles. The van der Waals surface area contributed by atoms with Gasteiger partial charge in [0.1, 0.15) is 11.6 Å². The van der Waals surface area contributed by atoms with Crippen LogP contribution >= 0.6 is 15.9 Å². The van der Waals surface area contributed by atoms with Crippen molar-refractivity contribution in [2.24, 2.45) is 7.05 Å². The minimum Gasteiger partial charge on any atom is -0.478 e. The van der Waals surface area contributed by atoms with Crippen LogP contribution in [-0.2, 0) is 7.05 Å². The molecule has 0 aliphatic carbocycles. The van der Waals surface area contributed by atoms with Crippen LogP contribution in [0.3, 0.4) is 0 Å². The molecule has 3 aromatic rings. The van der Waals surface area contributed by atoms with Crippen LogP contribution in [0.25, 0.3) is 11.1 Å². The molecule has 0 atom stereocenters. The van der Waals surface area contributed by atoms with Gasteiger partial charge in [-0.3, -0.25) is 4.79 Å². The molecule has 0 radical (unpaired) electrons. The molecule has 0 saturated heterocycles. The lowest BCUT2D eigenvalue weighted by Crippen LogP contribution is -2.10. The monoisotopic (exact) mass is 433 g/mol. The smallest absolute Gasteiger partial charge is 0.337 e. The number of benzene rings is 2. The third kappa shape index (κ3) is 3.30. The van der Waals surface area contributed by atoms with E-state index in [1.165, 1.54) is 24.7 Å². The first kappa shape index (κ1) is 19.0. The van der Waals surface area contributed by atoms with E-state index in [2.05, 4.69) is 15.9 Å². The summed E-state index contributed by atoms with van der Waals surface area (Å²) < 4.78 is 30.7. The second-order valence-corrected chi connectivity index (χ2v) is 6.96. The number of aromatic carboxylic acids is 1. The number of carbonyl (C=O) groups excluding carboxylic acids is 1. The predicted octanol–water partition coefficient (Wildman–Crippen LogP) is 4.97. The molecule has 2 aromatic carbocycles. The number of ketones is 1. The molecule has 3 rings (SSSR count). The summed E-state index contributed by atoms with van der Waals surface area (Å²) in [5, 5.41) is 9.56. The van der Waals surface area contributed by atoms with Gasteiger partial charge in [0.15, 0.2) is 0 Å². The predicted molar refractivity (Wildman–Crippen MR) is 100 cm³/mol. The highest BCUT2D eigenvalue weighted by molar-refractivity contribution is 9.10. The Morgan fingerprint density at radius 2 is 1.59 bits per heavy atom. The average Bonchev–Trinajstić information content (AvgIpc) is 2.96. The Hall–Kier alpha value is -2.80. The lowest BCUT2D eigenvalue weighted by molar-refractivity contribution is 0.0697. The van der Waals surface area contributed by atoms with Crippen molar-refractivity contribution >= 4 is 27.7 Å². The number of carbonyl (C=O) groups is 2. The van der Waals surface area contributed by atoms with Crippen LogP contribution in [0, 0.1) is 18.6 Å². The zero-order valence-electron chi connectivity index (χ0n) is 14.4. The molecule has 27 heavy (non-hydrogen) atoms. The molecule has 7 heteroatoms. The van der Waals surface area contributed by atoms with Crippen LogP contribution in [0.4, 0.5) is 8.78 Å². The second kappa shape index (κ2) is 7.08. The van der Waals surface area contributed by atoms with Crippen molar-refractivity contribution in [2.75, 3.05) is 0 Å². The van der Waals surface area contributed by atoms with Gasteiger partial charge in [-0.15, -0.1) is 0 Å². The van der Waals surface area contributed by atoms with Gasteiger partial charge in [0, 0.05) is 34.4 Å². The number of aryl methyl sites for hydroxylation is 1. The Kier molecular flexibility index (Phi) is 4.97. The Morgan fingerprint density at radius 3 is 2.19 bits per heavy atom. The van der Waals surface area contributed by atoms with Crippen molar-refractivity contribution in [1.29, 1.82) is 0 Å². The molecule has 0 amide bonds.